The smallest absolute Gasteiger partial charge is 0.0966 e. The van der Waals surface area contributed by atoms with Crippen molar-refractivity contribution in [1.29, 1.82) is 0 Å². The van der Waals surface area contributed by atoms with Gasteiger partial charge in [0.25, 0.3) is 0 Å². The fourth-order valence-electron chi connectivity index (χ4n) is 18.4. The van der Waals surface area contributed by atoms with Gasteiger partial charge in [-0.3, -0.25) is 59.8 Å². The van der Waals surface area contributed by atoms with E-state index in [1.807, 2.05) is 111 Å². The Morgan fingerprint density at radius 2 is 0.254 bits per heavy atom. The lowest BCUT2D eigenvalue weighted by molar-refractivity contribution is 1.10. The van der Waals surface area contributed by atoms with Crippen molar-refractivity contribution < 1.29 is 0 Å². The van der Waals surface area contributed by atoms with E-state index in [9.17, 15) is 0 Å². The molecule has 13 aromatic heterocycles. The van der Waals surface area contributed by atoms with E-state index in [2.05, 4.69) is 319 Å². The summed E-state index contributed by atoms with van der Waals surface area (Å²) in [5.74, 6) is 0. The first kappa shape index (κ1) is 71.3. The third-order valence-corrected chi connectivity index (χ3v) is 24.1. The number of benzene rings is 12. The van der Waals surface area contributed by atoms with Gasteiger partial charge in [-0.25, -0.2) is 0 Å². The Kier molecular flexibility index (Phi) is 16.5. The normalized spacial score (nSPS) is 11.8. The number of hydrogen-bond acceptors (Lipinski definition) is 12. The molecular weight excluding hydrogens is 1550 g/mol. The van der Waals surface area contributed by atoms with Crippen LogP contribution in [0.15, 0.2) is 402 Å². The van der Waals surface area contributed by atoms with E-state index < -0.39 is 0 Å². The Morgan fingerprint density at radius 1 is 0.119 bits per heavy atom. The summed E-state index contributed by atoms with van der Waals surface area (Å²) in [6, 6.07) is 116. The first-order valence-electron chi connectivity index (χ1n) is 41.6. The third-order valence-electron chi connectivity index (χ3n) is 24.1. The van der Waals surface area contributed by atoms with Gasteiger partial charge in [0.1, 0.15) is 0 Å². The number of fused-ring (bicyclic) bond motifs is 30. The van der Waals surface area contributed by atoms with Gasteiger partial charge in [-0.2, -0.15) is 0 Å². The number of rotatable bonds is 6. The Morgan fingerprint density at radius 3 is 0.405 bits per heavy atom. The summed E-state index contributed by atoms with van der Waals surface area (Å²) in [4.78, 5) is 61.6. The van der Waals surface area contributed by atoms with Crippen molar-refractivity contribution in [3.63, 3.8) is 0 Å². The summed E-state index contributed by atoms with van der Waals surface area (Å²) in [5, 5.41) is 11.6. The highest BCUT2D eigenvalue weighted by atomic mass is 15.1. The molecule has 18 heteroatoms. The zero-order valence-electron chi connectivity index (χ0n) is 67.2. The average Bonchev–Trinajstić information content (AvgIpc) is 0.756. The fourth-order valence-corrected chi connectivity index (χ4v) is 18.4. The lowest BCUT2D eigenvalue weighted by Gasteiger charge is -2.17. The lowest BCUT2D eigenvalue weighted by Crippen LogP contribution is -2.03. The summed E-state index contributed by atoms with van der Waals surface area (Å²) < 4.78 is 13.8. The molecule has 0 saturated carbocycles. The molecule has 12 aromatic carbocycles. The molecule has 0 aliphatic carbocycles. The van der Waals surface area contributed by atoms with E-state index in [0.29, 0.717) is 0 Å². The van der Waals surface area contributed by atoms with E-state index in [0.717, 1.165) is 231 Å². The highest BCUT2D eigenvalue weighted by Gasteiger charge is 2.19. The molecule has 25 rings (SSSR count). The second-order valence-electron chi connectivity index (χ2n) is 31.6. The Balaban J connectivity index is 0.867. The summed E-state index contributed by atoms with van der Waals surface area (Å²) in [7, 11) is 0. The first-order chi connectivity index (χ1) is 62.4. The van der Waals surface area contributed by atoms with Crippen LogP contribution in [-0.2, 0) is 0 Å². The third kappa shape index (κ3) is 12.1. The summed E-state index contributed by atoms with van der Waals surface area (Å²) in [6.07, 6.45) is 22.8. The summed E-state index contributed by atoms with van der Waals surface area (Å²) in [5.41, 5.74) is 24.7. The van der Waals surface area contributed by atoms with E-state index >= 15 is 0 Å². The minimum absolute atomic E-state index is 0.795. The van der Waals surface area contributed by atoms with Crippen molar-refractivity contribution in [3.8, 4) is 34.1 Å². The van der Waals surface area contributed by atoms with Gasteiger partial charge >= 0.3 is 0 Å². The van der Waals surface area contributed by atoms with Gasteiger partial charge in [-0.1, -0.05) is 146 Å². The minimum atomic E-state index is 0.795. The topological polar surface area (TPSA) is 184 Å². The number of pyridine rings is 12. The Bertz CT molecular complexity index is 7790. The molecule has 13 heterocycles. The second kappa shape index (κ2) is 29.1. The average molecular weight is 1620 g/mol. The van der Waals surface area contributed by atoms with Crippen LogP contribution in [0.5, 0.6) is 0 Å². The quantitative estimate of drug-likeness (QED) is 0.144. The van der Waals surface area contributed by atoms with Crippen LogP contribution in [-0.4, -0.2) is 87.2 Å². The van der Waals surface area contributed by atoms with Gasteiger partial charge in [-0.15, -0.1) is 0 Å². The number of hydrogen-bond donors (Lipinski definition) is 0. The monoisotopic (exact) mass is 1610 g/mol. The molecule has 0 spiro atoms. The first-order valence-corrected chi connectivity index (χ1v) is 41.6. The Hall–Kier alpha value is -17.6. The molecule has 0 radical (unpaired) electrons. The standard InChI is InChI=1S/C108H66N18/c1-19-79-55-80(20-1)122(92-50-74-38-32-68-14-8-44-110-98(68)104(74)116-62-92)82-22-3-24-84(57-82)124(94-52-76-40-34-70-16-10-46-112-100(70)106(76)118-64-94)86-26-5-28-88(59-86)126(96-54-78-42-36-72-18-12-48-114-102(72)108(78)120-66-96)90-30-6-29-89(60-90)125(95-53-77-41-35-71-17-11-47-113-101(71)107(77)119-65-95)87-27-4-25-85(58-87)123(93-51-75-39-33-69-15-9-45-111-99(69)105(75)117-63-93)83-23-2-21-81(56-83)121(79)91-49-73-37-31-67-13-7-43-109-97(67)103(73)115-61-91/h1-66H. The predicted molar refractivity (Wildman–Crippen MR) is 510 cm³/mol. The SMILES string of the molecule is c1cnc2c(c1)ccc1cc(-n3c4cccc(c4)n(-c4cnc5c(ccc6cccnc65)c4)c4cccc(c4)n(-c4cnc5c(ccc6cccnc65)c4)c4cccc(c4)n(-c4cnc5c(ccc6cccnc65)c4)c4cccc(c4)n(-c4cnc5c(ccc6cccnc65)c4)c4cccc(c4)n(-c4cnc5c(ccc6cccnc65)c4)c4cccc3c4)cnc12. The second-order valence-corrected chi connectivity index (χ2v) is 31.6. The maximum Gasteiger partial charge on any atom is 0.0966 e. The highest BCUT2D eigenvalue weighted by Crippen LogP contribution is 2.37. The van der Waals surface area contributed by atoms with Crippen LogP contribution in [0.25, 0.3) is 231 Å². The molecule has 0 aliphatic rings. The molecule has 0 atom stereocenters. The molecule has 0 aliphatic heterocycles. The van der Waals surface area contributed by atoms with Crippen LogP contribution in [0.1, 0.15) is 0 Å². The summed E-state index contributed by atoms with van der Waals surface area (Å²) >= 11 is 0. The van der Waals surface area contributed by atoms with Gasteiger partial charge in [0, 0.05) is 168 Å². The zero-order chi connectivity index (χ0) is 82.9. The highest BCUT2D eigenvalue weighted by molar-refractivity contribution is 6.09. The van der Waals surface area contributed by atoms with Crippen molar-refractivity contribution in [1.82, 2.24) is 87.2 Å². The van der Waals surface area contributed by atoms with Crippen molar-refractivity contribution in [2.45, 2.75) is 0 Å². The van der Waals surface area contributed by atoms with Crippen LogP contribution in [0.4, 0.5) is 0 Å². The maximum atomic E-state index is 5.36. The molecule has 18 nitrogen and oxygen atoms in total. The van der Waals surface area contributed by atoms with E-state index in [1.165, 1.54) is 0 Å². The number of aromatic nitrogens is 18. The molecule has 588 valence electrons. The van der Waals surface area contributed by atoms with Crippen molar-refractivity contribution >= 4 is 197 Å². The molecular formula is C108H66N18. The molecule has 12 bridgehead atoms. The van der Waals surface area contributed by atoms with Crippen LogP contribution in [0.3, 0.4) is 0 Å². The van der Waals surface area contributed by atoms with E-state index in [-0.39, 0.29) is 0 Å². The van der Waals surface area contributed by atoms with Crippen LogP contribution in [0.2, 0.25) is 0 Å². The van der Waals surface area contributed by atoms with Gasteiger partial charge in [0.15, 0.2) is 0 Å². The molecule has 126 heavy (non-hydrogen) atoms. The minimum Gasteiger partial charge on any atom is -0.309 e. The van der Waals surface area contributed by atoms with Crippen molar-refractivity contribution in [3.05, 3.63) is 402 Å². The van der Waals surface area contributed by atoms with Crippen molar-refractivity contribution in [2.24, 2.45) is 0 Å². The zero-order valence-corrected chi connectivity index (χ0v) is 67.2. The van der Waals surface area contributed by atoms with Crippen LogP contribution in [0, 0.1) is 0 Å². The molecule has 0 amide bonds. The molecule has 0 unspecified atom stereocenters. The van der Waals surface area contributed by atoms with Gasteiger partial charge in [0.2, 0.25) is 0 Å². The fraction of sp³-hybridized carbons (Fsp3) is 0. The van der Waals surface area contributed by atoms with E-state index in [1.54, 1.807) is 0 Å². The molecule has 0 saturated heterocycles. The van der Waals surface area contributed by atoms with Crippen LogP contribution >= 0.6 is 0 Å². The van der Waals surface area contributed by atoms with Crippen LogP contribution < -0.4 is 0 Å². The Labute approximate surface area is 715 Å². The molecule has 25 aromatic rings. The van der Waals surface area contributed by atoms with E-state index in [4.69, 9.17) is 59.8 Å². The molecule has 0 fully saturated rings. The van der Waals surface area contributed by atoms with Gasteiger partial charge in [0.05, 0.1) is 138 Å². The van der Waals surface area contributed by atoms with Gasteiger partial charge in [-0.05, 0) is 182 Å². The molecule has 0 N–H and O–H groups in total. The summed E-state index contributed by atoms with van der Waals surface area (Å²) in [6.45, 7) is 0. The lowest BCUT2D eigenvalue weighted by atomic mass is 10.1. The predicted octanol–water partition coefficient (Wildman–Crippen LogP) is 25.0. The maximum absolute atomic E-state index is 5.36. The van der Waals surface area contributed by atoms with Gasteiger partial charge < -0.3 is 27.4 Å². The largest absolute Gasteiger partial charge is 0.309 e. The van der Waals surface area contributed by atoms with Crippen molar-refractivity contribution in [2.75, 3.05) is 0 Å². The number of nitrogens with zero attached hydrogens (tertiary/aromatic N) is 18.